The normalized spacial score (nSPS) is 10.1. The lowest BCUT2D eigenvalue weighted by Crippen LogP contribution is -1.96. The summed E-state index contributed by atoms with van der Waals surface area (Å²) in [5, 5.41) is 8.45. The van der Waals surface area contributed by atoms with Crippen molar-refractivity contribution < 1.29 is 9.90 Å². The number of aliphatic carboxylic acids is 1. The Kier molecular flexibility index (Phi) is 4.53. The molecule has 76 valence electrons. The first kappa shape index (κ1) is 11.1. The predicted molar refractivity (Wildman–Crippen MR) is 59.6 cm³/mol. The highest BCUT2D eigenvalue weighted by atomic mass is 32.2. The number of aryl methyl sites for hydroxylation is 1. The molecule has 0 amide bonds. The third-order valence-corrected chi connectivity index (χ3v) is 2.99. The van der Waals surface area contributed by atoms with Crippen LogP contribution in [0.3, 0.4) is 0 Å². The number of carbonyl (C=O) groups is 1. The lowest BCUT2D eigenvalue weighted by atomic mass is 10.1. The van der Waals surface area contributed by atoms with E-state index in [0.717, 1.165) is 5.75 Å². The second-order valence-electron chi connectivity index (χ2n) is 3.12. The highest BCUT2D eigenvalue weighted by molar-refractivity contribution is 7.98. The third-order valence-electron chi connectivity index (χ3n) is 1.98. The molecule has 0 aliphatic rings. The van der Waals surface area contributed by atoms with Crippen molar-refractivity contribution in [3.05, 3.63) is 35.4 Å². The molecule has 2 nitrogen and oxygen atoms in total. The molecular weight excluding hydrogens is 196 g/mol. The average molecular weight is 210 g/mol. The number of hydrogen-bond donors (Lipinski definition) is 1. The maximum Gasteiger partial charge on any atom is 0.304 e. The first-order valence-electron chi connectivity index (χ1n) is 4.54. The lowest BCUT2D eigenvalue weighted by Gasteiger charge is -2.03. The summed E-state index contributed by atoms with van der Waals surface area (Å²) in [7, 11) is 0. The van der Waals surface area contributed by atoms with Crippen LogP contribution in [0.15, 0.2) is 24.3 Å². The van der Waals surface area contributed by atoms with Crippen molar-refractivity contribution in [3.63, 3.8) is 0 Å². The first-order valence-corrected chi connectivity index (χ1v) is 5.69. The summed E-state index contributed by atoms with van der Waals surface area (Å²) in [6.45, 7) is 2.08. The molecule has 0 aliphatic carbocycles. The van der Waals surface area contributed by atoms with Crippen LogP contribution in [0.25, 0.3) is 0 Å². The summed E-state index contributed by atoms with van der Waals surface area (Å²) >= 11 is 1.67. The van der Waals surface area contributed by atoms with Crippen LogP contribution >= 0.6 is 11.8 Å². The van der Waals surface area contributed by atoms with Crippen molar-refractivity contribution in [2.24, 2.45) is 0 Å². The van der Waals surface area contributed by atoms with E-state index in [1.807, 2.05) is 12.1 Å². The van der Waals surface area contributed by atoms with Crippen LogP contribution in [-0.4, -0.2) is 16.8 Å². The molecule has 0 bridgehead atoms. The molecule has 14 heavy (non-hydrogen) atoms. The van der Waals surface area contributed by atoms with Gasteiger partial charge in [-0.1, -0.05) is 24.3 Å². The minimum atomic E-state index is -0.720. The molecule has 1 N–H and O–H groups in total. The fraction of sp³-hybridized carbons (Fsp3) is 0.364. The monoisotopic (exact) mass is 210 g/mol. The molecule has 0 atom stereocenters. The summed E-state index contributed by atoms with van der Waals surface area (Å²) in [5.74, 6) is 0.867. The molecule has 3 heteroatoms. The average Bonchev–Trinajstić information content (AvgIpc) is 2.15. The van der Waals surface area contributed by atoms with Gasteiger partial charge in [0.2, 0.25) is 0 Å². The standard InChI is InChI=1S/C11H14O2S/c1-9-4-2-3-5-10(9)8-14-7-6-11(12)13/h2-5H,6-8H2,1H3,(H,12,13). The van der Waals surface area contributed by atoms with Crippen molar-refractivity contribution in [3.8, 4) is 0 Å². The Morgan fingerprint density at radius 1 is 1.43 bits per heavy atom. The smallest absolute Gasteiger partial charge is 0.304 e. The minimum absolute atomic E-state index is 0.247. The Morgan fingerprint density at radius 2 is 2.14 bits per heavy atom. The Bertz CT molecular complexity index is 310. The summed E-state index contributed by atoms with van der Waals surface area (Å²) < 4.78 is 0. The predicted octanol–water partition coefficient (Wildman–Crippen LogP) is 2.70. The van der Waals surface area contributed by atoms with E-state index in [2.05, 4.69) is 19.1 Å². The van der Waals surface area contributed by atoms with Crippen LogP contribution in [-0.2, 0) is 10.5 Å². The van der Waals surface area contributed by atoms with Gasteiger partial charge in [-0.2, -0.15) is 11.8 Å². The molecular formula is C11H14O2S. The van der Waals surface area contributed by atoms with Crippen molar-refractivity contribution in [2.45, 2.75) is 19.1 Å². The first-order chi connectivity index (χ1) is 6.70. The Hall–Kier alpha value is -0.960. The second kappa shape index (κ2) is 5.70. The van der Waals surface area contributed by atoms with Crippen molar-refractivity contribution >= 4 is 17.7 Å². The van der Waals surface area contributed by atoms with Gasteiger partial charge in [0.15, 0.2) is 0 Å². The Morgan fingerprint density at radius 3 is 2.79 bits per heavy atom. The van der Waals surface area contributed by atoms with Crippen molar-refractivity contribution in [1.29, 1.82) is 0 Å². The molecule has 0 saturated heterocycles. The topological polar surface area (TPSA) is 37.3 Å². The van der Waals surface area contributed by atoms with E-state index in [4.69, 9.17) is 5.11 Å². The molecule has 0 spiro atoms. The molecule has 0 heterocycles. The molecule has 0 unspecified atom stereocenters. The highest BCUT2D eigenvalue weighted by Gasteiger charge is 1.99. The Balaban J connectivity index is 2.31. The van der Waals surface area contributed by atoms with Gasteiger partial charge < -0.3 is 5.11 Å². The van der Waals surface area contributed by atoms with Crippen LogP contribution in [0.1, 0.15) is 17.5 Å². The van der Waals surface area contributed by atoms with Crippen molar-refractivity contribution in [1.82, 2.24) is 0 Å². The van der Waals surface area contributed by atoms with Crippen molar-refractivity contribution in [2.75, 3.05) is 5.75 Å². The van der Waals surface area contributed by atoms with E-state index in [0.29, 0.717) is 5.75 Å². The van der Waals surface area contributed by atoms with Gasteiger partial charge >= 0.3 is 5.97 Å². The summed E-state index contributed by atoms with van der Waals surface area (Å²) in [5.41, 5.74) is 2.57. The van der Waals surface area contributed by atoms with Gasteiger partial charge in [0.25, 0.3) is 0 Å². The van der Waals surface area contributed by atoms with Gasteiger partial charge in [-0.25, -0.2) is 0 Å². The minimum Gasteiger partial charge on any atom is -0.481 e. The summed E-state index contributed by atoms with van der Waals surface area (Å²) in [6, 6.07) is 8.19. The second-order valence-corrected chi connectivity index (χ2v) is 4.23. The number of thioether (sulfide) groups is 1. The molecule has 0 aliphatic heterocycles. The van der Waals surface area contributed by atoms with E-state index in [1.165, 1.54) is 11.1 Å². The zero-order valence-electron chi connectivity index (χ0n) is 8.19. The van der Waals surface area contributed by atoms with Crippen LogP contribution in [0.4, 0.5) is 0 Å². The number of carboxylic acids is 1. The van der Waals surface area contributed by atoms with Crippen LogP contribution < -0.4 is 0 Å². The zero-order valence-corrected chi connectivity index (χ0v) is 9.01. The molecule has 1 aromatic rings. The summed E-state index contributed by atoms with van der Waals surface area (Å²) in [4.78, 5) is 10.3. The number of benzene rings is 1. The lowest BCUT2D eigenvalue weighted by molar-refractivity contribution is -0.136. The van der Waals surface area contributed by atoms with Gasteiger partial charge in [0, 0.05) is 11.5 Å². The van der Waals surface area contributed by atoms with E-state index in [9.17, 15) is 4.79 Å². The van der Waals surface area contributed by atoms with Gasteiger partial charge in [0.05, 0.1) is 6.42 Å². The van der Waals surface area contributed by atoms with E-state index >= 15 is 0 Å². The highest BCUT2D eigenvalue weighted by Crippen LogP contribution is 2.16. The molecule has 0 fully saturated rings. The quantitative estimate of drug-likeness (QED) is 0.759. The maximum absolute atomic E-state index is 10.3. The van der Waals surface area contributed by atoms with E-state index in [-0.39, 0.29) is 6.42 Å². The fourth-order valence-electron chi connectivity index (χ4n) is 1.11. The van der Waals surface area contributed by atoms with Crippen LogP contribution in [0.2, 0.25) is 0 Å². The molecule has 0 saturated carbocycles. The molecule has 0 radical (unpaired) electrons. The molecule has 1 aromatic carbocycles. The van der Waals surface area contributed by atoms with Gasteiger partial charge in [-0.05, 0) is 18.1 Å². The van der Waals surface area contributed by atoms with E-state index < -0.39 is 5.97 Å². The third kappa shape index (κ3) is 3.83. The molecule has 1 rings (SSSR count). The Labute approximate surface area is 88.3 Å². The molecule has 0 aromatic heterocycles. The number of rotatable bonds is 5. The maximum atomic E-state index is 10.3. The van der Waals surface area contributed by atoms with E-state index in [1.54, 1.807) is 11.8 Å². The zero-order chi connectivity index (χ0) is 10.4. The van der Waals surface area contributed by atoms with Gasteiger partial charge in [0.1, 0.15) is 0 Å². The number of hydrogen-bond acceptors (Lipinski definition) is 2. The number of carboxylic acid groups (broad SMARTS) is 1. The summed E-state index contributed by atoms with van der Waals surface area (Å²) in [6.07, 6.45) is 0.247. The van der Waals surface area contributed by atoms with Gasteiger partial charge in [-0.3, -0.25) is 4.79 Å². The van der Waals surface area contributed by atoms with Crippen LogP contribution in [0, 0.1) is 6.92 Å². The SMILES string of the molecule is Cc1ccccc1CSCCC(=O)O. The van der Waals surface area contributed by atoms with Crippen LogP contribution in [0.5, 0.6) is 0 Å². The fourth-order valence-corrected chi connectivity index (χ4v) is 2.12. The van der Waals surface area contributed by atoms with Gasteiger partial charge in [-0.15, -0.1) is 0 Å². The largest absolute Gasteiger partial charge is 0.481 e.